The number of nitrogens with one attached hydrogen (secondary N) is 1. The SMILES string of the molecule is CN1CCN([C@H]2COC[C@@H]2NS(C)(=O)=O)CC1. The summed E-state index contributed by atoms with van der Waals surface area (Å²) >= 11 is 0. The van der Waals surface area contributed by atoms with Gasteiger partial charge in [0.1, 0.15) is 0 Å². The number of rotatable bonds is 3. The molecular weight excluding hydrogens is 242 g/mol. The Labute approximate surface area is 103 Å². The molecule has 2 heterocycles. The van der Waals surface area contributed by atoms with Crippen LogP contribution in [0, 0.1) is 0 Å². The maximum Gasteiger partial charge on any atom is 0.209 e. The number of likely N-dealkylation sites (N-methyl/N-ethyl adjacent to an activating group) is 1. The first-order valence-corrected chi connectivity index (χ1v) is 7.82. The smallest absolute Gasteiger partial charge is 0.209 e. The molecule has 6 nitrogen and oxygen atoms in total. The van der Waals surface area contributed by atoms with Gasteiger partial charge in [0.15, 0.2) is 0 Å². The van der Waals surface area contributed by atoms with Gasteiger partial charge in [0.05, 0.1) is 31.6 Å². The first-order valence-electron chi connectivity index (χ1n) is 5.93. The van der Waals surface area contributed by atoms with Crippen molar-refractivity contribution in [2.45, 2.75) is 12.1 Å². The van der Waals surface area contributed by atoms with Crippen LogP contribution in [0.15, 0.2) is 0 Å². The zero-order valence-electron chi connectivity index (χ0n) is 10.4. The van der Waals surface area contributed by atoms with Gasteiger partial charge in [-0.2, -0.15) is 0 Å². The van der Waals surface area contributed by atoms with Crippen LogP contribution in [0.2, 0.25) is 0 Å². The van der Waals surface area contributed by atoms with Crippen molar-refractivity contribution in [3.63, 3.8) is 0 Å². The van der Waals surface area contributed by atoms with E-state index in [0.29, 0.717) is 13.2 Å². The molecule has 2 aliphatic rings. The minimum Gasteiger partial charge on any atom is -0.378 e. The van der Waals surface area contributed by atoms with Gasteiger partial charge in [0, 0.05) is 26.2 Å². The van der Waals surface area contributed by atoms with E-state index in [9.17, 15) is 8.42 Å². The van der Waals surface area contributed by atoms with E-state index in [1.165, 1.54) is 6.26 Å². The van der Waals surface area contributed by atoms with Crippen molar-refractivity contribution in [1.82, 2.24) is 14.5 Å². The lowest BCUT2D eigenvalue weighted by molar-refractivity contribution is 0.0930. The lowest BCUT2D eigenvalue weighted by atomic mass is 10.1. The third-order valence-corrected chi connectivity index (χ3v) is 4.15. The molecule has 2 rings (SSSR count). The highest BCUT2D eigenvalue weighted by molar-refractivity contribution is 7.88. The third kappa shape index (κ3) is 3.62. The summed E-state index contributed by atoms with van der Waals surface area (Å²) in [7, 11) is -1.05. The molecule has 0 unspecified atom stereocenters. The van der Waals surface area contributed by atoms with Crippen LogP contribution < -0.4 is 4.72 Å². The van der Waals surface area contributed by atoms with E-state index < -0.39 is 10.0 Å². The van der Waals surface area contributed by atoms with Crippen LogP contribution in [0.3, 0.4) is 0 Å². The Bertz CT molecular complexity index is 352. The molecule has 0 aromatic rings. The van der Waals surface area contributed by atoms with Gasteiger partial charge in [0.25, 0.3) is 0 Å². The summed E-state index contributed by atoms with van der Waals surface area (Å²) in [5.74, 6) is 0. The number of ether oxygens (including phenoxy) is 1. The Kier molecular flexibility index (Phi) is 4.04. The molecule has 0 amide bonds. The van der Waals surface area contributed by atoms with Crippen LogP contribution in [0.25, 0.3) is 0 Å². The van der Waals surface area contributed by atoms with Gasteiger partial charge in [0.2, 0.25) is 10.0 Å². The van der Waals surface area contributed by atoms with Gasteiger partial charge in [-0.05, 0) is 7.05 Å². The van der Waals surface area contributed by atoms with E-state index in [0.717, 1.165) is 26.2 Å². The zero-order chi connectivity index (χ0) is 12.5. The van der Waals surface area contributed by atoms with Crippen molar-refractivity contribution in [3.05, 3.63) is 0 Å². The van der Waals surface area contributed by atoms with Gasteiger partial charge in [-0.15, -0.1) is 0 Å². The molecule has 2 atom stereocenters. The Morgan fingerprint density at radius 1 is 1.18 bits per heavy atom. The van der Waals surface area contributed by atoms with Crippen LogP contribution in [-0.4, -0.2) is 83.0 Å². The first kappa shape index (κ1) is 13.2. The minimum atomic E-state index is -3.16. The molecule has 0 aromatic carbocycles. The van der Waals surface area contributed by atoms with Crippen LogP contribution in [-0.2, 0) is 14.8 Å². The molecule has 2 fully saturated rings. The lowest BCUT2D eigenvalue weighted by Crippen LogP contribution is -2.56. The quantitative estimate of drug-likeness (QED) is 0.675. The molecule has 2 saturated heterocycles. The first-order chi connectivity index (χ1) is 7.96. The Balaban J connectivity index is 1.95. The van der Waals surface area contributed by atoms with Crippen molar-refractivity contribution >= 4 is 10.0 Å². The number of nitrogens with zero attached hydrogens (tertiary/aromatic N) is 2. The second-order valence-electron chi connectivity index (χ2n) is 4.94. The summed E-state index contributed by atoms with van der Waals surface area (Å²) in [4.78, 5) is 4.61. The van der Waals surface area contributed by atoms with Crippen molar-refractivity contribution in [1.29, 1.82) is 0 Å². The number of sulfonamides is 1. The maximum atomic E-state index is 11.3. The van der Waals surface area contributed by atoms with Gasteiger partial charge in [-0.25, -0.2) is 13.1 Å². The van der Waals surface area contributed by atoms with Crippen LogP contribution >= 0.6 is 0 Å². The predicted octanol–water partition coefficient (Wildman–Crippen LogP) is -1.45. The number of hydrogen-bond donors (Lipinski definition) is 1. The summed E-state index contributed by atoms with van der Waals surface area (Å²) in [5, 5.41) is 0. The summed E-state index contributed by atoms with van der Waals surface area (Å²) in [5.41, 5.74) is 0. The fourth-order valence-electron chi connectivity index (χ4n) is 2.44. The molecule has 0 bridgehead atoms. The van der Waals surface area contributed by atoms with Crippen molar-refractivity contribution < 1.29 is 13.2 Å². The van der Waals surface area contributed by atoms with Crippen LogP contribution in [0.4, 0.5) is 0 Å². The molecule has 0 aromatic heterocycles. The molecular formula is C10H21N3O3S. The standard InChI is InChI=1S/C10H21N3O3S/c1-12-3-5-13(6-4-12)10-8-16-7-9(10)11-17(2,14)15/h9-11H,3-8H2,1-2H3/t9-,10-/m0/s1. The van der Waals surface area contributed by atoms with E-state index in [1.807, 2.05) is 0 Å². The van der Waals surface area contributed by atoms with E-state index in [-0.39, 0.29) is 12.1 Å². The fraction of sp³-hybridized carbons (Fsp3) is 1.00. The predicted molar refractivity (Wildman–Crippen MR) is 65.4 cm³/mol. The fourth-order valence-corrected chi connectivity index (χ4v) is 3.22. The molecule has 100 valence electrons. The normalized spacial score (nSPS) is 33.1. The van der Waals surface area contributed by atoms with Gasteiger partial charge in [-0.1, -0.05) is 0 Å². The Morgan fingerprint density at radius 3 is 2.41 bits per heavy atom. The minimum absolute atomic E-state index is 0.103. The van der Waals surface area contributed by atoms with Gasteiger partial charge < -0.3 is 9.64 Å². The molecule has 7 heteroatoms. The number of piperazine rings is 1. The summed E-state index contributed by atoms with van der Waals surface area (Å²) in [6.45, 7) is 5.12. The maximum absolute atomic E-state index is 11.3. The molecule has 0 saturated carbocycles. The topological polar surface area (TPSA) is 61.9 Å². The van der Waals surface area contributed by atoms with E-state index in [2.05, 4.69) is 21.6 Å². The average molecular weight is 263 g/mol. The zero-order valence-corrected chi connectivity index (χ0v) is 11.2. The molecule has 0 aliphatic carbocycles. The molecule has 2 aliphatic heterocycles. The summed E-state index contributed by atoms with van der Waals surface area (Å²) < 4.78 is 30.6. The molecule has 1 N–H and O–H groups in total. The van der Waals surface area contributed by atoms with E-state index >= 15 is 0 Å². The van der Waals surface area contributed by atoms with Crippen LogP contribution in [0.5, 0.6) is 0 Å². The van der Waals surface area contributed by atoms with Crippen molar-refractivity contribution in [2.24, 2.45) is 0 Å². The highest BCUT2D eigenvalue weighted by atomic mass is 32.2. The summed E-state index contributed by atoms with van der Waals surface area (Å²) in [6.07, 6.45) is 1.20. The van der Waals surface area contributed by atoms with E-state index in [4.69, 9.17) is 4.74 Å². The molecule has 0 radical (unpaired) electrons. The number of hydrogen-bond acceptors (Lipinski definition) is 5. The van der Waals surface area contributed by atoms with Crippen molar-refractivity contribution in [3.8, 4) is 0 Å². The largest absolute Gasteiger partial charge is 0.378 e. The molecule has 0 spiro atoms. The third-order valence-electron chi connectivity index (χ3n) is 3.42. The van der Waals surface area contributed by atoms with E-state index in [1.54, 1.807) is 0 Å². The second-order valence-corrected chi connectivity index (χ2v) is 6.72. The highest BCUT2D eigenvalue weighted by Crippen LogP contribution is 2.15. The van der Waals surface area contributed by atoms with Gasteiger partial charge in [-0.3, -0.25) is 4.90 Å². The monoisotopic (exact) mass is 263 g/mol. The highest BCUT2D eigenvalue weighted by Gasteiger charge is 2.35. The average Bonchev–Trinajstić information content (AvgIpc) is 2.64. The van der Waals surface area contributed by atoms with Crippen LogP contribution in [0.1, 0.15) is 0 Å². The van der Waals surface area contributed by atoms with Gasteiger partial charge >= 0.3 is 0 Å². The lowest BCUT2D eigenvalue weighted by Gasteiger charge is -2.37. The Hall–Kier alpha value is -0.210. The second kappa shape index (κ2) is 5.19. The Morgan fingerprint density at radius 2 is 1.82 bits per heavy atom. The molecule has 17 heavy (non-hydrogen) atoms. The van der Waals surface area contributed by atoms with Crippen molar-refractivity contribution in [2.75, 3.05) is 52.7 Å². The summed E-state index contributed by atoms with van der Waals surface area (Å²) in [6, 6.07) is 0.0758.